The van der Waals surface area contributed by atoms with E-state index in [4.69, 9.17) is 9.84 Å². The average molecular weight is 458 g/mol. The molecule has 7 nitrogen and oxygen atoms in total. The maximum absolute atomic E-state index is 12.0. The number of nitrogens with one attached hydrogen (secondary N) is 1. The van der Waals surface area contributed by atoms with Crippen LogP contribution in [0.15, 0.2) is 42.5 Å². The average Bonchev–Trinajstić information content (AvgIpc) is 3.29. The Morgan fingerprint density at radius 3 is 2.85 bits per heavy atom. The van der Waals surface area contributed by atoms with Crippen molar-refractivity contribution in [1.29, 1.82) is 5.26 Å². The zero-order chi connectivity index (χ0) is 23.3. The van der Waals surface area contributed by atoms with Crippen LogP contribution in [-0.4, -0.2) is 41.9 Å². The van der Waals surface area contributed by atoms with Crippen LogP contribution < -0.4 is 10.2 Å². The van der Waals surface area contributed by atoms with E-state index in [1.807, 2.05) is 47.1 Å². The number of piperidine rings is 1. The summed E-state index contributed by atoms with van der Waals surface area (Å²) in [5, 5.41) is 18.9. The summed E-state index contributed by atoms with van der Waals surface area (Å²) < 4.78 is 7.98. The molecule has 0 aliphatic carbocycles. The third-order valence-electron chi connectivity index (χ3n) is 6.97. The van der Waals surface area contributed by atoms with Gasteiger partial charge in [0, 0.05) is 35.8 Å². The maximum Gasteiger partial charge on any atom is 0.214 e. The molecule has 2 aliphatic rings. The summed E-state index contributed by atoms with van der Waals surface area (Å²) in [5.74, 6) is 0. The van der Waals surface area contributed by atoms with E-state index < -0.39 is 0 Å². The first-order valence-electron chi connectivity index (χ1n) is 12.4. The molecule has 2 unspecified atom stereocenters. The van der Waals surface area contributed by atoms with Gasteiger partial charge in [0.1, 0.15) is 5.69 Å². The van der Waals surface area contributed by atoms with Crippen molar-refractivity contribution in [3.63, 3.8) is 0 Å². The van der Waals surface area contributed by atoms with Crippen molar-refractivity contribution in [2.75, 3.05) is 24.6 Å². The van der Waals surface area contributed by atoms with Gasteiger partial charge in [-0.1, -0.05) is 18.6 Å². The number of nitrogens with zero attached hydrogens (tertiary/aromatic N) is 4. The molecule has 3 aromatic rings. The highest BCUT2D eigenvalue weighted by atomic mass is 16.5. The number of carbonyl (C=O) groups excluding carboxylic acids is 1. The Morgan fingerprint density at radius 2 is 2.09 bits per heavy atom. The quantitative estimate of drug-likeness (QED) is 0.517. The third-order valence-corrected chi connectivity index (χ3v) is 6.97. The van der Waals surface area contributed by atoms with E-state index in [0.717, 1.165) is 73.1 Å². The number of ether oxygens (including phenoxy) is 1. The van der Waals surface area contributed by atoms with E-state index >= 15 is 0 Å². The number of fused-ring (bicyclic) bond motifs is 1. The van der Waals surface area contributed by atoms with Crippen LogP contribution in [0.1, 0.15) is 56.7 Å². The first-order chi connectivity index (χ1) is 16.8. The van der Waals surface area contributed by atoms with E-state index in [2.05, 4.69) is 11.4 Å². The number of amides is 1. The number of nitriles is 1. The van der Waals surface area contributed by atoms with Gasteiger partial charge in [0.25, 0.3) is 0 Å². The molecule has 1 N–H and O–H groups in total. The number of rotatable bonds is 7. The highest BCUT2D eigenvalue weighted by Gasteiger charge is 2.22. The molecule has 1 amide bonds. The molecule has 176 valence electrons. The molecule has 0 radical (unpaired) electrons. The maximum atomic E-state index is 12.0. The van der Waals surface area contributed by atoms with Crippen LogP contribution in [0.5, 0.6) is 0 Å². The molecule has 0 spiro atoms. The summed E-state index contributed by atoms with van der Waals surface area (Å²) in [5.41, 5.74) is 4.15. The minimum atomic E-state index is -0.101. The van der Waals surface area contributed by atoms with Gasteiger partial charge >= 0.3 is 0 Å². The molecule has 2 aromatic carbocycles. The molecule has 2 saturated heterocycles. The van der Waals surface area contributed by atoms with Gasteiger partial charge in [-0.05, 0) is 75.4 Å². The lowest BCUT2D eigenvalue weighted by atomic mass is 10.0. The number of hydrogen-bond acceptors (Lipinski definition) is 5. The second kappa shape index (κ2) is 10.4. The highest BCUT2D eigenvalue weighted by molar-refractivity contribution is 5.95. The van der Waals surface area contributed by atoms with Crippen molar-refractivity contribution in [2.45, 2.75) is 57.2 Å². The standard InChI is InChI=1S/C27H31N5O2/c28-18-20-10-11-25-24(16-20)27(30-32(25)26-9-2-4-15-34-26)21-6-5-8-23(17-21)31(19-33)14-12-22-7-1-3-13-29-22/h5-6,8,10-11,16-17,19,22,26,29H,1-4,7,9,12-15H2. The van der Waals surface area contributed by atoms with Crippen LogP contribution in [0.4, 0.5) is 5.69 Å². The van der Waals surface area contributed by atoms with Crippen LogP contribution in [0, 0.1) is 11.3 Å². The second-order valence-corrected chi connectivity index (χ2v) is 9.24. The number of aromatic nitrogens is 2. The summed E-state index contributed by atoms with van der Waals surface area (Å²) in [6.07, 6.45) is 8.50. The smallest absolute Gasteiger partial charge is 0.214 e. The SMILES string of the molecule is N#Cc1ccc2c(c1)c(-c1cccc(N(C=O)CCC3CCCCN3)c1)nn2C1CCCCO1. The topological polar surface area (TPSA) is 83.2 Å². The van der Waals surface area contributed by atoms with Gasteiger partial charge in [-0.3, -0.25) is 4.79 Å². The van der Waals surface area contributed by atoms with Crippen LogP contribution in [0.25, 0.3) is 22.2 Å². The summed E-state index contributed by atoms with van der Waals surface area (Å²) in [6.45, 7) is 2.47. The largest absolute Gasteiger partial charge is 0.356 e. The Balaban J connectivity index is 1.47. The zero-order valence-electron chi connectivity index (χ0n) is 19.4. The Labute approximate surface area is 200 Å². The summed E-state index contributed by atoms with van der Waals surface area (Å²) in [4.78, 5) is 13.7. The molecule has 2 atom stereocenters. The van der Waals surface area contributed by atoms with Gasteiger partial charge in [0.15, 0.2) is 6.23 Å². The van der Waals surface area contributed by atoms with Crippen molar-refractivity contribution in [3.8, 4) is 17.3 Å². The van der Waals surface area contributed by atoms with E-state index in [1.54, 1.807) is 4.90 Å². The zero-order valence-corrected chi connectivity index (χ0v) is 19.4. The minimum absolute atomic E-state index is 0.101. The van der Waals surface area contributed by atoms with Crippen molar-refractivity contribution in [2.24, 2.45) is 0 Å². The highest BCUT2D eigenvalue weighted by Crippen LogP contribution is 2.34. The molecule has 0 bridgehead atoms. The first kappa shape index (κ1) is 22.6. The van der Waals surface area contributed by atoms with Crippen LogP contribution in [-0.2, 0) is 9.53 Å². The van der Waals surface area contributed by atoms with E-state index in [9.17, 15) is 10.1 Å². The van der Waals surface area contributed by atoms with Crippen LogP contribution in [0.2, 0.25) is 0 Å². The molecule has 34 heavy (non-hydrogen) atoms. The molecule has 7 heteroatoms. The van der Waals surface area contributed by atoms with Crippen LogP contribution >= 0.6 is 0 Å². The molecule has 0 saturated carbocycles. The van der Waals surface area contributed by atoms with Gasteiger partial charge in [-0.15, -0.1) is 0 Å². The molecule has 3 heterocycles. The van der Waals surface area contributed by atoms with Crippen LogP contribution in [0.3, 0.4) is 0 Å². The molecular weight excluding hydrogens is 426 g/mol. The van der Waals surface area contributed by atoms with Gasteiger partial charge in [-0.2, -0.15) is 10.4 Å². The minimum Gasteiger partial charge on any atom is -0.356 e. The fourth-order valence-electron chi connectivity index (χ4n) is 5.10. The fraction of sp³-hybridized carbons (Fsp3) is 0.444. The fourth-order valence-corrected chi connectivity index (χ4v) is 5.10. The van der Waals surface area contributed by atoms with Crippen molar-refractivity contribution in [3.05, 3.63) is 48.0 Å². The van der Waals surface area contributed by atoms with Gasteiger partial charge in [0.2, 0.25) is 6.41 Å². The summed E-state index contributed by atoms with van der Waals surface area (Å²) >= 11 is 0. The van der Waals surface area contributed by atoms with E-state index in [0.29, 0.717) is 18.2 Å². The second-order valence-electron chi connectivity index (χ2n) is 9.24. The van der Waals surface area contributed by atoms with E-state index in [1.165, 1.54) is 19.3 Å². The molecule has 5 rings (SSSR count). The first-order valence-corrected chi connectivity index (χ1v) is 12.4. The lowest BCUT2D eigenvalue weighted by molar-refractivity contribution is -0.107. The van der Waals surface area contributed by atoms with Crippen molar-refractivity contribution in [1.82, 2.24) is 15.1 Å². The lowest BCUT2D eigenvalue weighted by Crippen LogP contribution is -2.37. The Hall–Kier alpha value is -3.21. The number of benzene rings is 2. The molecule has 2 aliphatic heterocycles. The predicted octanol–water partition coefficient (Wildman–Crippen LogP) is 4.77. The third kappa shape index (κ3) is 4.70. The summed E-state index contributed by atoms with van der Waals surface area (Å²) in [6, 6.07) is 16.4. The monoisotopic (exact) mass is 457 g/mol. The number of carbonyl (C=O) groups is 1. The van der Waals surface area contributed by atoms with Gasteiger partial charge in [-0.25, -0.2) is 4.68 Å². The van der Waals surface area contributed by atoms with E-state index in [-0.39, 0.29) is 6.23 Å². The van der Waals surface area contributed by atoms with Crippen molar-refractivity contribution >= 4 is 23.0 Å². The number of hydrogen-bond donors (Lipinski definition) is 1. The molecular formula is C27H31N5O2. The number of anilines is 1. The lowest BCUT2D eigenvalue weighted by Gasteiger charge is -2.26. The Kier molecular flexibility index (Phi) is 6.89. The van der Waals surface area contributed by atoms with Gasteiger partial charge in [0.05, 0.1) is 17.1 Å². The summed E-state index contributed by atoms with van der Waals surface area (Å²) in [7, 11) is 0. The molecule has 2 fully saturated rings. The predicted molar refractivity (Wildman–Crippen MR) is 132 cm³/mol. The Morgan fingerprint density at radius 1 is 1.18 bits per heavy atom. The Bertz CT molecular complexity index is 1190. The normalized spacial score (nSPS) is 20.7. The molecule has 1 aromatic heterocycles. The van der Waals surface area contributed by atoms with Gasteiger partial charge < -0.3 is 15.0 Å². The van der Waals surface area contributed by atoms with Crippen molar-refractivity contribution < 1.29 is 9.53 Å².